The number of thioether (sulfide) groups is 1. The minimum absolute atomic E-state index is 0.200. The Morgan fingerprint density at radius 3 is 2.76 bits per heavy atom. The van der Waals surface area contributed by atoms with Crippen LogP contribution >= 0.6 is 11.8 Å². The lowest BCUT2D eigenvalue weighted by Crippen LogP contribution is -2.01. The Bertz CT molecular complexity index is 597. The zero-order valence-corrected chi connectivity index (χ0v) is 10.2. The fraction of sp³-hybridized carbons (Fsp3) is 0.200. The van der Waals surface area contributed by atoms with Gasteiger partial charge >= 0.3 is 0 Å². The number of anilines is 1. The first kappa shape index (κ1) is 11.4. The summed E-state index contributed by atoms with van der Waals surface area (Å²) in [5, 5.41) is 13.6. The van der Waals surface area contributed by atoms with Crippen molar-refractivity contribution in [2.45, 2.75) is 5.03 Å². The van der Waals surface area contributed by atoms with Crippen LogP contribution in [0.15, 0.2) is 17.4 Å². The molecule has 86 valence electrons. The normalized spacial score (nSPS) is 10.2. The first-order chi connectivity index (χ1) is 8.15. The quantitative estimate of drug-likeness (QED) is 0.629. The first-order valence-electron chi connectivity index (χ1n) is 4.76. The Morgan fingerprint density at radius 1 is 1.47 bits per heavy atom. The van der Waals surface area contributed by atoms with Gasteiger partial charge in [0, 0.05) is 13.2 Å². The highest BCUT2D eigenvalue weighted by atomic mass is 32.2. The van der Waals surface area contributed by atoms with E-state index in [0.717, 1.165) is 5.56 Å². The molecular formula is C10H10N6S. The predicted octanol–water partition coefficient (Wildman–Crippen LogP) is 1.05. The van der Waals surface area contributed by atoms with Gasteiger partial charge in [0.25, 0.3) is 0 Å². The van der Waals surface area contributed by atoms with E-state index in [1.54, 1.807) is 17.1 Å². The molecule has 2 heterocycles. The number of nitrogen functional groups attached to an aromatic ring is 1. The van der Waals surface area contributed by atoms with Gasteiger partial charge in [0.1, 0.15) is 22.5 Å². The average molecular weight is 246 g/mol. The summed E-state index contributed by atoms with van der Waals surface area (Å²) in [6, 6.07) is 2.01. The van der Waals surface area contributed by atoms with E-state index >= 15 is 0 Å². The van der Waals surface area contributed by atoms with Crippen molar-refractivity contribution in [2.24, 2.45) is 7.05 Å². The number of rotatable bonds is 2. The lowest BCUT2D eigenvalue weighted by atomic mass is 10.3. The topological polar surface area (TPSA) is 93.4 Å². The Labute approximate surface area is 102 Å². The molecule has 2 aromatic heterocycles. The summed E-state index contributed by atoms with van der Waals surface area (Å²) in [5.74, 6) is 0.685. The summed E-state index contributed by atoms with van der Waals surface area (Å²) in [6.45, 7) is 0. The molecule has 2 aromatic rings. The summed E-state index contributed by atoms with van der Waals surface area (Å²) in [6.07, 6.45) is 5.30. The molecule has 0 radical (unpaired) electrons. The minimum Gasteiger partial charge on any atom is -0.382 e. The van der Waals surface area contributed by atoms with Gasteiger partial charge in [-0.1, -0.05) is 0 Å². The monoisotopic (exact) mass is 246 g/mol. The van der Waals surface area contributed by atoms with Gasteiger partial charge < -0.3 is 5.73 Å². The Balaban J connectivity index is 2.58. The van der Waals surface area contributed by atoms with Gasteiger partial charge in [-0.05, 0) is 6.26 Å². The van der Waals surface area contributed by atoms with E-state index in [1.807, 2.05) is 19.4 Å². The van der Waals surface area contributed by atoms with Crippen molar-refractivity contribution < 1.29 is 0 Å². The van der Waals surface area contributed by atoms with Crippen molar-refractivity contribution in [3.63, 3.8) is 0 Å². The summed E-state index contributed by atoms with van der Waals surface area (Å²) in [5.41, 5.74) is 6.84. The largest absolute Gasteiger partial charge is 0.382 e. The first-order valence-corrected chi connectivity index (χ1v) is 5.98. The summed E-state index contributed by atoms with van der Waals surface area (Å²) in [7, 11) is 1.81. The molecule has 0 aromatic carbocycles. The van der Waals surface area contributed by atoms with E-state index in [1.165, 1.54) is 11.8 Å². The number of nitrogens with two attached hydrogens (primary N) is 1. The van der Waals surface area contributed by atoms with E-state index in [0.29, 0.717) is 16.4 Å². The zero-order chi connectivity index (χ0) is 12.4. The fourth-order valence-electron chi connectivity index (χ4n) is 1.38. The Morgan fingerprint density at radius 2 is 2.24 bits per heavy atom. The second-order valence-corrected chi connectivity index (χ2v) is 4.13. The highest BCUT2D eigenvalue weighted by Crippen LogP contribution is 2.25. The third-order valence-corrected chi connectivity index (χ3v) is 2.85. The predicted molar refractivity (Wildman–Crippen MR) is 65.1 cm³/mol. The molecule has 0 aliphatic rings. The van der Waals surface area contributed by atoms with Gasteiger partial charge in [-0.15, -0.1) is 11.8 Å². The van der Waals surface area contributed by atoms with Crippen molar-refractivity contribution in [1.82, 2.24) is 19.7 Å². The van der Waals surface area contributed by atoms with Gasteiger partial charge in [-0.25, -0.2) is 9.97 Å². The van der Waals surface area contributed by atoms with Crippen molar-refractivity contribution in [2.75, 3.05) is 12.0 Å². The molecule has 0 unspecified atom stereocenters. The van der Waals surface area contributed by atoms with Crippen LogP contribution in [-0.4, -0.2) is 26.0 Å². The number of aromatic nitrogens is 4. The lowest BCUT2D eigenvalue weighted by Gasteiger charge is -2.04. The van der Waals surface area contributed by atoms with E-state index in [-0.39, 0.29) is 5.82 Å². The number of nitrogens with zero attached hydrogens (tertiary/aromatic N) is 5. The third kappa shape index (κ3) is 2.07. The van der Waals surface area contributed by atoms with E-state index in [2.05, 4.69) is 15.1 Å². The van der Waals surface area contributed by atoms with E-state index in [9.17, 15) is 0 Å². The molecule has 0 aliphatic heterocycles. The molecular weight excluding hydrogens is 236 g/mol. The Hall–Kier alpha value is -2.07. The van der Waals surface area contributed by atoms with Gasteiger partial charge in [-0.3, -0.25) is 4.68 Å². The van der Waals surface area contributed by atoms with Crippen LogP contribution in [0.25, 0.3) is 11.4 Å². The highest BCUT2D eigenvalue weighted by Gasteiger charge is 2.13. The molecule has 0 aliphatic carbocycles. The van der Waals surface area contributed by atoms with Crippen LogP contribution in [0.1, 0.15) is 5.56 Å². The Kier molecular flexibility index (Phi) is 2.97. The SMILES string of the molecule is CSc1nc(-c2cnn(C)c2)nc(N)c1C#N. The van der Waals surface area contributed by atoms with Crippen LogP contribution in [-0.2, 0) is 7.05 Å². The van der Waals surface area contributed by atoms with E-state index in [4.69, 9.17) is 11.0 Å². The zero-order valence-electron chi connectivity index (χ0n) is 9.38. The number of nitriles is 1. The maximum Gasteiger partial charge on any atom is 0.165 e. The highest BCUT2D eigenvalue weighted by molar-refractivity contribution is 7.98. The van der Waals surface area contributed by atoms with Gasteiger partial charge in [0.15, 0.2) is 5.82 Å². The summed E-state index contributed by atoms with van der Waals surface area (Å²) >= 11 is 1.37. The smallest absolute Gasteiger partial charge is 0.165 e. The molecule has 7 heteroatoms. The molecule has 2 rings (SSSR count). The molecule has 17 heavy (non-hydrogen) atoms. The van der Waals surface area contributed by atoms with Crippen LogP contribution in [0.3, 0.4) is 0 Å². The van der Waals surface area contributed by atoms with Gasteiger partial charge in [0.05, 0.1) is 11.8 Å². The second-order valence-electron chi connectivity index (χ2n) is 3.33. The molecule has 0 fully saturated rings. The van der Waals surface area contributed by atoms with Crippen LogP contribution in [0, 0.1) is 11.3 Å². The maximum absolute atomic E-state index is 8.96. The standard InChI is InChI=1S/C10H10N6S/c1-16-5-6(4-13-16)9-14-8(12)7(3-11)10(15-9)17-2/h4-5H,1-2H3,(H2,12,14,15). The van der Waals surface area contributed by atoms with E-state index < -0.39 is 0 Å². The maximum atomic E-state index is 8.96. The summed E-state index contributed by atoms with van der Waals surface area (Å²) < 4.78 is 1.66. The van der Waals surface area contributed by atoms with Crippen molar-refractivity contribution in [3.05, 3.63) is 18.0 Å². The lowest BCUT2D eigenvalue weighted by molar-refractivity contribution is 0.768. The fourth-order valence-corrected chi connectivity index (χ4v) is 1.91. The van der Waals surface area contributed by atoms with Crippen LogP contribution in [0.2, 0.25) is 0 Å². The number of aryl methyl sites for hydroxylation is 1. The van der Waals surface area contributed by atoms with Crippen molar-refractivity contribution in [1.29, 1.82) is 5.26 Å². The van der Waals surface area contributed by atoms with Gasteiger partial charge in [0.2, 0.25) is 0 Å². The second kappa shape index (κ2) is 4.43. The molecule has 0 saturated carbocycles. The molecule has 0 amide bonds. The van der Waals surface area contributed by atoms with Crippen LogP contribution < -0.4 is 5.73 Å². The minimum atomic E-state index is 0.200. The molecule has 0 atom stereocenters. The molecule has 0 bridgehead atoms. The summed E-state index contributed by atoms with van der Waals surface area (Å²) in [4.78, 5) is 8.42. The van der Waals surface area contributed by atoms with Gasteiger partial charge in [-0.2, -0.15) is 10.4 Å². The molecule has 0 spiro atoms. The van der Waals surface area contributed by atoms with Crippen molar-refractivity contribution >= 4 is 17.6 Å². The number of hydrogen-bond donors (Lipinski definition) is 1. The van der Waals surface area contributed by atoms with Crippen LogP contribution in [0.4, 0.5) is 5.82 Å². The van der Waals surface area contributed by atoms with Crippen LogP contribution in [0.5, 0.6) is 0 Å². The molecule has 0 saturated heterocycles. The third-order valence-electron chi connectivity index (χ3n) is 2.17. The molecule has 2 N–H and O–H groups in total. The molecule has 6 nitrogen and oxygen atoms in total. The average Bonchev–Trinajstić information content (AvgIpc) is 2.74. The van der Waals surface area contributed by atoms with Crippen molar-refractivity contribution in [3.8, 4) is 17.5 Å². The number of hydrogen-bond acceptors (Lipinski definition) is 6.